The SMILES string of the molecule is Cc1cc(=O)c(C(=O)Nc2ccc(C(=O)O)cc2C)c[nH]1. The summed E-state index contributed by atoms with van der Waals surface area (Å²) in [5.41, 5.74) is 1.50. The van der Waals surface area contributed by atoms with Crippen molar-refractivity contribution in [2.45, 2.75) is 13.8 Å². The zero-order valence-electron chi connectivity index (χ0n) is 11.6. The van der Waals surface area contributed by atoms with Crippen LogP contribution in [0.4, 0.5) is 5.69 Å². The number of carbonyl (C=O) groups is 2. The van der Waals surface area contributed by atoms with Crippen LogP contribution in [-0.4, -0.2) is 22.0 Å². The van der Waals surface area contributed by atoms with Crippen molar-refractivity contribution in [2.24, 2.45) is 0 Å². The highest BCUT2D eigenvalue weighted by molar-refractivity contribution is 6.04. The van der Waals surface area contributed by atoms with Crippen LogP contribution >= 0.6 is 0 Å². The van der Waals surface area contributed by atoms with E-state index in [4.69, 9.17) is 5.11 Å². The van der Waals surface area contributed by atoms with Crippen molar-refractivity contribution >= 4 is 17.6 Å². The molecule has 6 heteroatoms. The molecule has 1 aromatic carbocycles. The van der Waals surface area contributed by atoms with E-state index >= 15 is 0 Å². The lowest BCUT2D eigenvalue weighted by molar-refractivity contribution is 0.0696. The lowest BCUT2D eigenvalue weighted by atomic mass is 10.1. The number of aromatic amines is 1. The number of aromatic carboxylic acids is 1. The molecule has 0 aliphatic heterocycles. The Bertz CT molecular complexity index is 777. The van der Waals surface area contributed by atoms with Crippen molar-refractivity contribution in [3.8, 4) is 0 Å². The molecule has 0 aliphatic rings. The quantitative estimate of drug-likeness (QED) is 0.802. The molecule has 0 spiro atoms. The number of H-pyrrole nitrogens is 1. The number of aryl methyl sites for hydroxylation is 2. The highest BCUT2D eigenvalue weighted by Gasteiger charge is 2.12. The van der Waals surface area contributed by atoms with Gasteiger partial charge in [-0.3, -0.25) is 9.59 Å². The molecular formula is C15H14N2O4. The summed E-state index contributed by atoms with van der Waals surface area (Å²) in [4.78, 5) is 37.5. The van der Waals surface area contributed by atoms with E-state index in [1.54, 1.807) is 13.8 Å². The van der Waals surface area contributed by atoms with Crippen LogP contribution < -0.4 is 10.7 Å². The van der Waals surface area contributed by atoms with Gasteiger partial charge in [0.15, 0.2) is 5.43 Å². The first-order valence-electron chi connectivity index (χ1n) is 6.23. The second-order valence-corrected chi connectivity index (χ2v) is 4.68. The average molecular weight is 286 g/mol. The van der Waals surface area contributed by atoms with Crippen molar-refractivity contribution in [1.29, 1.82) is 0 Å². The van der Waals surface area contributed by atoms with E-state index in [9.17, 15) is 14.4 Å². The molecule has 1 aromatic heterocycles. The van der Waals surface area contributed by atoms with Gasteiger partial charge in [0, 0.05) is 23.6 Å². The minimum absolute atomic E-state index is 0.00214. The molecule has 21 heavy (non-hydrogen) atoms. The van der Waals surface area contributed by atoms with Gasteiger partial charge in [0.2, 0.25) is 0 Å². The molecule has 0 unspecified atom stereocenters. The number of anilines is 1. The Hall–Kier alpha value is -2.89. The van der Waals surface area contributed by atoms with Gasteiger partial charge in [-0.2, -0.15) is 0 Å². The second kappa shape index (κ2) is 5.62. The summed E-state index contributed by atoms with van der Waals surface area (Å²) >= 11 is 0. The summed E-state index contributed by atoms with van der Waals surface area (Å²) in [6, 6.07) is 5.69. The smallest absolute Gasteiger partial charge is 0.335 e. The number of pyridine rings is 1. The standard InChI is InChI=1S/C15H14N2O4/c1-8-5-10(15(20)21)3-4-12(8)17-14(19)11-7-16-9(2)6-13(11)18/h3-7H,1-2H3,(H,16,18)(H,17,19)(H,20,21). The Balaban J connectivity index is 2.27. The van der Waals surface area contributed by atoms with Crippen LogP contribution in [0.2, 0.25) is 0 Å². The van der Waals surface area contributed by atoms with E-state index in [0.717, 1.165) is 0 Å². The summed E-state index contributed by atoms with van der Waals surface area (Å²) in [6.45, 7) is 3.40. The summed E-state index contributed by atoms with van der Waals surface area (Å²) in [5, 5.41) is 11.5. The first-order chi connectivity index (χ1) is 9.88. The van der Waals surface area contributed by atoms with Crippen molar-refractivity contribution in [1.82, 2.24) is 4.98 Å². The molecule has 3 N–H and O–H groups in total. The number of carboxylic acids is 1. The molecule has 6 nitrogen and oxygen atoms in total. The first-order valence-corrected chi connectivity index (χ1v) is 6.23. The number of hydrogen-bond donors (Lipinski definition) is 3. The van der Waals surface area contributed by atoms with Gasteiger partial charge in [0.1, 0.15) is 5.56 Å². The Kier molecular flexibility index (Phi) is 3.89. The highest BCUT2D eigenvalue weighted by atomic mass is 16.4. The number of carbonyl (C=O) groups excluding carboxylic acids is 1. The van der Waals surface area contributed by atoms with Gasteiger partial charge in [-0.05, 0) is 37.6 Å². The maximum Gasteiger partial charge on any atom is 0.335 e. The predicted molar refractivity (Wildman–Crippen MR) is 77.9 cm³/mol. The fourth-order valence-corrected chi connectivity index (χ4v) is 1.88. The molecule has 0 saturated carbocycles. The second-order valence-electron chi connectivity index (χ2n) is 4.68. The van der Waals surface area contributed by atoms with Crippen LogP contribution in [-0.2, 0) is 0 Å². The molecule has 0 bridgehead atoms. The molecule has 1 amide bonds. The van der Waals surface area contributed by atoms with E-state index in [0.29, 0.717) is 16.9 Å². The van der Waals surface area contributed by atoms with E-state index in [1.165, 1.54) is 30.5 Å². The number of aromatic nitrogens is 1. The number of amides is 1. The normalized spacial score (nSPS) is 10.2. The lowest BCUT2D eigenvalue weighted by Crippen LogP contribution is -2.22. The third-order valence-corrected chi connectivity index (χ3v) is 3.02. The fraction of sp³-hybridized carbons (Fsp3) is 0.133. The van der Waals surface area contributed by atoms with Gasteiger partial charge in [-0.25, -0.2) is 4.79 Å². The third kappa shape index (κ3) is 3.17. The van der Waals surface area contributed by atoms with Gasteiger partial charge in [0.05, 0.1) is 5.56 Å². The third-order valence-electron chi connectivity index (χ3n) is 3.02. The summed E-state index contributed by atoms with van der Waals surface area (Å²) in [7, 11) is 0. The molecule has 0 atom stereocenters. The predicted octanol–water partition coefficient (Wildman–Crippen LogP) is 1.94. The number of hydrogen-bond acceptors (Lipinski definition) is 3. The molecule has 2 rings (SSSR count). The Labute approximate surface area is 120 Å². The van der Waals surface area contributed by atoms with Crippen molar-refractivity contribution < 1.29 is 14.7 Å². The number of carboxylic acid groups (broad SMARTS) is 1. The Morgan fingerprint density at radius 1 is 1.19 bits per heavy atom. The van der Waals surface area contributed by atoms with Crippen molar-refractivity contribution in [3.05, 3.63) is 63.1 Å². The molecule has 1 heterocycles. The largest absolute Gasteiger partial charge is 0.478 e. The van der Waals surface area contributed by atoms with Gasteiger partial charge in [-0.15, -0.1) is 0 Å². The lowest BCUT2D eigenvalue weighted by Gasteiger charge is -2.09. The first kappa shape index (κ1) is 14.5. The number of nitrogens with one attached hydrogen (secondary N) is 2. The van der Waals surface area contributed by atoms with Crippen LogP contribution in [0.25, 0.3) is 0 Å². The summed E-state index contributed by atoms with van der Waals surface area (Å²) < 4.78 is 0. The summed E-state index contributed by atoms with van der Waals surface area (Å²) in [6.07, 6.45) is 1.36. The topological polar surface area (TPSA) is 99.3 Å². The molecule has 0 aliphatic carbocycles. The maximum atomic E-state index is 12.1. The van der Waals surface area contributed by atoms with Crippen LogP contribution in [0.15, 0.2) is 35.3 Å². The zero-order chi connectivity index (χ0) is 15.6. The molecule has 0 saturated heterocycles. The van der Waals surface area contributed by atoms with E-state index in [1.807, 2.05) is 0 Å². The number of benzene rings is 1. The van der Waals surface area contributed by atoms with Gasteiger partial charge >= 0.3 is 5.97 Å². The molecular weight excluding hydrogens is 272 g/mol. The minimum atomic E-state index is -1.04. The van der Waals surface area contributed by atoms with E-state index < -0.39 is 11.9 Å². The highest BCUT2D eigenvalue weighted by Crippen LogP contribution is 2.17. The summed E-state index contributed by atoms with van der Waals surface area (Å²) in [5.74, 6) is -1.58. The van der Waals surface area contributed by atoms with Gasteiger partial charge in [0.25, 0.3) is 5.91 Å². The van der Waals surface area contributed by atoms with Crippen molar-refractivity contribution in [3.63, 3.8) is 0 Å². The average Bonchev–Trinajstić information content (AvgIpc) is 2.40. The Morgan fingerprint density at radius 3 is 2.48 bits per heavy atom. The molecule has 108 valence electrons. The zero-order valence-corrected chi connectivity index (χ0v) is 11.6. The van der Waals surface area contributed by atoms with Gasteiger partial charge in [-0.1, -0.05) is 0 Å². The fourth-order valence-electron chi connectivity index (χ4n) is 1.88. The van der Waals surface area contributed by atoms with Gasteiger partial charge < -0.3 is 15.4 Å². The molecule has 0 fully saturated rings. The Morgan fingerprint density at radius 2 is 1.90 bits per heavy atom. The monoisotopic (exact) mass is 286 g/mol. The van der Waals surface area contributed by atoms with E-state index in [2.05, 4.69) is 10.3 Å². The van der Waals surface area contributed by atoms with Crippen molar-refractivity contribution in [2.75, 3.05) is 5.32 Å². The van der Waals surface area contributed by atoms with Crippen LogP contribution in [0.3, 0.4) is 0 Å². The van der Waals surface area contributed by atoms with Crippen LogP contribution in [0.1, 0.15) is 32.0 Å². The maximum absolute atomic E-state index is 12.1. The molecule has 0 radical (unpaired) electrons. The van der Waals surface area contributed by atoms with Crippen LogP contribution in [0.5, 0.6) is 0 Å². The number of rotatable bonds is 3. The van der Waals surface area contributed by atoms with E-state index in [-0.39, 0.29) is 16.6 Å². The van der Waals surface area contributed by atoms with Crippen LogP contribution in [0, 0.1) is 13.8 Å². The minimum Gasteiger partial charge on any atom is -0.478 e. The molecule has 2 aromatic rings.